The van der Waals surface area contributed by atoms with Crippen LogP contribution >= 0.6 is 0 Å². The number of carbonyl (C=O) groups excluding carboxylic acids is 1. The second kappa shape index (κ2) is 8.12. The Morgan fingerprint density at radius 2 is 1.97 bits per heavy atom. The largest absolute Gasteiger partial charge is 0.459 e. The van der Waals surface area contributed by atoms with Crippen LogP contribution in [0.1, 0.15) is 40.0 Å². The second-order valence-corrected chi connectivity index (χ2v) is 9.25. The number of ether oxygens (including phenoxy) is 4. The van der Waals surface area contributed by atoms with E-state index in [4.69, 9.17) is 18.9 Å². The Kier molecular flexibility index (Phi) is 6.00. The van der Waals surface area contributed by atoms with E-state index in [1.807, 2.05) is 20.8 Å². The highest BCUT2D eigenvalue weighted by atomic mass is 16.7. The molecule has 3 aliphatic heterocycles. The van der Waals surface area contributed by atoms with E-state index in [0.29, 0.717) is 6.42 Å². The molecule has 1 aliphatic carbocycles. The Morgan fingerprint density at radius 3 is 2.67 bits per heavy atom. The minimum Gasteiger partial charge on any atom is -0.459 e. The fourth-order valence-electron chi connectivity index (χ4n) is 4.94. The van der Waals surface area contributed by atoms with Gasteiger partial charge in [0.05, 0.1) is 24.2 Å². The van der Waals surface area contributed by atoms with Crippen molar-refractivity contribution in [1.82, 2.24) is 0 Å². The summed E-state index contributed by atoms with van der Waals surface area (Å²) in [7, 11) is 0. The summed E-state index contributed by atoms with van der Waals surface area (Å²) in [5, 5.41) is 39.9. The van der Waals surface area contributed by atoms with Gasteiger partial charge in [0.25, 0.3) is 0 Å². The molecule has 0 spiro atoms. The Morgan fingerprint density at radius 1 is 1.23 bits per heavy atom. The van der Waals surface area contributed by atoms with Crippen molar-refractivity contribution < 1.29 is 44.2 Å². The van der Waals surface area contributed by atoms with Crippen LogP contribution in [-0.2, 0) is 23.7 Å². The molecule has 11 atom stereocenters. The fourth-order valence-corrected chi connectivity index (χ4v) is 4.94. The van der Waals surface area contributed by atoms with Crippen molar-refractivity contribution in [3.63, 3.8) is 0 Å². The molecule has 0 radical (unpaired) electrons. The Balaban J connectivity index is 1.57. The molecular weight excluding hydrogens is 396 g/mol. The van der Waals surface area contributed by atoms with Gasteiger partial charge in [-0.1, -0.05) is 13.0 Å². The van der Waals surface area contributed by atoms with Crippen LogP contribution in [0, 0.1) is 11.8 Å². The van der Waals surface area contributed by atoms with E-state index in [-0.39, 0.29) is 35.6 Å². The van der Waals surface area contributed by atoms with Crippen LogP contribution in [0.5, 0.6) is 0 Å². The molecule has 3 saturated heterocycles. The van der Waals surface area contributed by atoms with Gasteiger partial charge < -0.3 is 39.4 Å². The van der Waals surface area contributed by atoms with E-state index in [9.17, 15) is 25.2 Å². The molecule has 0 aromatic carbocycles. The van der Waals surface area contributed by atoms with Crippen molar-refractivity contribution >= 4 is 5.97 Å². The molecule has 0 aromatic heterocycles. The van der Waals surface area contributed by atoms with Crippen molar-refractivity contribution in [3.05, 3.63) is 11.6 Å². The van der Waals surface area contributed by atoms with E-state index < -0.39 is 43.4 Å². The van der Waals surface area contributed by atoms with E-state index in [2.05, 4.69) is 6.08 Å². The van der Waals surface area contributed by atoms with Crippen LogP contribution < -0.4 is 0 Å². The molecule has 9 nitrogen and oxygen atoms in total. The average Bonchev–Trinajstić information content (AvgIpc) is 3.30. The zero-order chi connectivity index (χ0) is 21.8. The van der Waals surface area contributed by atoms with Crippen molar-refractivity contribution in [2.45, 2.75) is 94.7 Å². The average molecular weight is 428 g/mol. The van der Waals surface area contributed by atoms with Crippen molar-refractivity contribution in [2.75, 3.05) is 6.61 Å². The first-order chi connectivity index (χ1) is 14.2. The SMILES string of the molecule is C/C1=C\CC[C@@]2(C)O[C@H]2[C@H]2OC(=O)[C@@H](C)[C@@H]2C[C@@H]1O[C@@H]1O[C@H](CO)[C@@H](O)[C@H](O)[C@H]1O. The lowest BCUT2D eigenvalue weighted by Gasteiger charge is -2.41. The lowest BCUT2D eigenvalue weighted by atomic mass is 9.80. The summed E-state index contributed by atoms with van der Waals surface area (Å²) in [4.78, 5) is 12.3. The zero-order valence-electron chi connectivity index (χ0n) is 17.5. The number of aliphatic hydroxyl groups is 4. The maximum absolute atomic E-state index is 12.3. The van der Waals surface area contributed by atoms with Crippen LogP contribution in [0.3, 0.4) is 0 Å². The minimum atomic E-state index is -1.51. The number of esters is 1. The van der Waals surface area contributed by atoms with Crippen LogP contribution in [0.4, 0.5) is 0 Å². The summed E-state index contributed by atoms with van der Waals surface area (Å²) in [6, 6.07) is 0. The Labute approximate surface area is 175 Å². The standard InChI is InChI=1S/C21H32O9/c1-9-5-4-6-21(3)18(30-21)17-11(10(2)19(26)29-17)7-12(9)27-20-16(25)15(24)14(23)13(8-22)28-20/h5,10-18,20,22-25H,4,6-8H2,1-3H3/b9-5+/t10-,11-,12-,13+,14+,15-,16+,17-,18-,20+,21+/m0/s1. The number of rotatable bonds is 3. The third kappa shape index (κ3) is 3.81. The molecular formula is C21H32O9. The zero-order valence-corrected chi connectivity index (χ0v) is 17.5. The third-order valence-corrected chi connectivity index (χ3v) is 7.18. The first-order valence-corrected chi connectivity index (χ1v) is 10.7. The summed E-state index contributed by atoms with van der Waals surface area (Å²) >= 11 is 0. The number of hydrogen-bond acceptors (Lipinski definition) is 9. The van der Waals surface area contributed by atoms with Crippen LogP contribution in [0.2, 0.25) is 0 Å². The molecule has 30 heavy (non-hydrogen) atoms. The van der Waals surface area contributed by atoms with Gasteiger partial charge in [0.1, 0.15) is 36.6 Å². The van der Waals surface area contributed by atoms with E-state index >= 15 is 0 Å². The summed E-state index contributed by atoms with van der Waals surface area (Å²) < 4.78 is 23.2. The maximum atomic E-state index is 12.3. The fraction of sp³-hybridized carbons (Fsp3) is 0.857. The van der Waals surface area contributed by atoms with E-state index in [1.165, 1.54) is 0 Å². The predicted molar refractivity (Wildman–Crippen MR) is 102 cm³/mol. The highest BCUT2D eigenvalue weighted by Gasteiger charge is 2.62. The van der Waals surface area contributed by atoms with Gasteiger partial charge in [-0.05, 0) is 38.7 Å². The van der Waals surface area contributed by atoms with Gasteiger partial charge in [0, 0.05) is 5.92 Å². The number of allylic oxidation sites excluding steroid dienone is 1. The van der Waals surface area contributed by atoms with Crippen LogP contribution in [-0.4, -0.2) is 87.6 Å². The normalized spacial score (nSPS) is 53.2. The molecule has 4 aliphatic rings. The van der Waals surface area contributed by atoms with Crippen LogP contribution in [0.25, 0.3) is 0 Å². The first kappa shape index (κ1) is 22.1. The van der Waals surface area contributed by atoms with E-state index in [1.54, 1.807) is 0 Å². The van der Waals surface area contributed by atoms with Gasteiger partial charge in [0.15, 0.2) is 6.29 Å². The van der Waals surface area contributed by atoms with Crippen molar-refractivity contribution in [1.29, 1.82) is 0 Å². The van der Waals surface area contributed by atoms with Gasteiger partial charge >= 0.3 is 5.97 Å². The van der Waals surface area contributed by atoms with Gasteiger partial charge in [-0.2, -0.15) is 0 Å². The van der Waals surface area contributed by atoms with Gasteiger partial charge in [-0.25, -0.2) is 0 Å². The number of carbonyl (C=O) groups is 1. The number of fused-ring (bicyclic) bond motifs is 3. The van der Waals surface area contributed by atoms with Gasteiger partial charge in [0.2, 0.25) is 0 Å². The molecule has 3 heterocycles. The van der Waals surface area contributed by atoms with Crippen LogP contribution in [0.15, 0.2) is 11.6 Å². The molecule has 0 aromatic rings. The third-order valence-electron chi connectivity index (χ3n) is 7.18. The molecule has 0 saturated carbocycles. The molecule has 0 unspecified atom stereocenters. The summed E-state index contributed by atoms with van der Waals surface area (Å²) in [5.74, 6) is -0.715. The quantitative estimate of drug-likeness (QED) is 0.270. The minimum absolute atomic E-state index is 0.138. The molecule has 0 bridgehead atoms. The number of aliphatic hydroxyl groups excluding tert-OH is 4. The molecule has 9 heteroatoms. The molecule has 4 N–H and O–H groups in total. The highest BCUT2D eigenvalue weighted by Crippen LogP contribution is 2.50. The van der Waals surface area contributed by atoms with Gasteiger partial charge in [-0.15, -0.1) is 0 Å². The lowest BCUT2D eigenvalue weighted by Crippen LogP contribution is -2.59. The monoisotopic (exact) mass is 428 g/mol. The highest BCUT2D eigenvalue weighted by molar-refractivity contribution is 5.75. The second-order valence-electron chi connectivity index (χ2n) is 9.25. The number of hydrogen-bond donors (Lipinski definition) is 4. The lowest BCUT2D eigenvalue weighted by molar-refractivity contribution is -0.309. The molecule has 0 amide bonds. The molecule has 4 rings (SSSR count). The smallest absolute Gasteiger partial charge is 0.309 e. The topological polar surface area (TPSA) is 138 Å². The summed E-state index contributed by atoms with van der Waals surface area (Å²) in [6.45, 7) is 5.27. The first-order valence-electron chi connectivity index (χ1n) is 10.7. The van der Waals surface area contributed by atoms with E-state index in [0.717, 1.165) is 18.4 Å². The molecule has 170 valence electrons. The predicted octanol–water partition coefficient (Wildman–Crippen LogP) is -0.363. The molecule has 3 fully saturated rings. The summed E-state index contributed by atoms with van der Waals surface area (Å²) in [5.41, 5.74) is 0.620. The van der Waals surface area contributed by atoms with Crippen molar-refractivity contribution in [3.8, 4) is 0 Å². The Bertz CT molecular complexity index is 694. The van der Waals surface area contributed by atoms with Crippen molar-refractivity contribution in [2.24, 2.45) is 11.8 Å². The summed E-state index contributed by atoms with van der Waals surface area (Å²) in [6.07, 6.45) is -3.65. The van der Waals surface area contributed by atoms with Gasteiger partial charge in [-0.3, -0.25) is 4.79 Å². The number of epoxide rings is 1. The maximum Gasteiger partial charge on any atom is 0.309 e. The Hall–Kier alpha value is -1.07.